The van der Waals surface area contributed by atoms with Crippen molar-refractivity contribution in [3.8, 4) is 11.5 Å². The molecule has 0 unspecified atom stereocenters. The normalized spacial score (nSPS) is 10.8. The maximum Gasteiger partial charge on any atom is 0.187 e. The average Bonchev–Trinajstić information content (AvgIpc) is 2.61. The summed E-state index contributed by atoms with van der Waals surface area (Å²) in [4.78, 5) is 0. The molecule has 0 amide bonds. The number of nitrogens with zero attached hydrogens (tertiary/aromatic N) is 1. The standard InChI is InChI=1S/C19H22ClN3O2S/c1-13(2)22-19(26)23-21-11-14-8-9-17(18(10-14)24-3)25-12-15-6-4-5-7-16(15)20/h4-11,13H,12H2,1-3H3,(H2,22,23,26)/b21-11-. The van der Waals surface area contributed by atoms with Gasteiger partial charge in [-0.05, 0) is 55.9 Å². The van der Waals surface area contributed by atoms with E-state index in [9.17, 15) is 0 Å². The Hall–Kier alpha value is -2.31. The minimum atomic E-state index is 0.250. The van der Waals surface area contributed by atoms with Crippen LogP contribution in [-0.2, 0) is 6.61 Å². The van der Waals surface area contributed by atoms with Gasteiger partial charge in [0, 0.05) is 16.6 Å². The zero-order valence-corrected chi connectivity index (χ0v) is 16.5. The van der Waals surface area contributed by atoms with E-state index in [1.165, 1.54) is 0 Å². The molecule has 0 radical (unpaired) electrons. The van der Waals surface area contributed by atoms with E-state index in [0.29, 0.717) is 28.2 Å². The third-order valence-corrected chi connectivity index (χ3v) is 3.91. The molecule has 0 saturated heterocycles. The van der Waals surface area contributed by atoms with Crippen molar-refractivity contribution >= 4 is 35.1 Å². The molecule has 2 aromatic rings. The van der Waals surface area contributed by atoms with Crippen LogP contribution in [-0.4, -0.2) is 24.5 Å². The lowest BCUT2D eigenvalue weighted by molar-refractivity contribution is 0.284. The van der Waals surface area contributed by atoms with Crippen LogP contribution in [0.25, 0.3) is 0 Å². The van der Waals surface area contributed by atoms with Gasteiger partial charge < -0.3 is 14.8 Å². The Morgan fingerprint density at radius 2 is 2.00 bits per heavy atom. The van der Waals surface area contributed by atoms with Crippen LogP contribution in [0.3, 0.4) is 0 Å². The van der Waals surface area contributed by atoms with E-state index in [0.717, 1.165) is 11.1 Å². The van der Waals surface area contributed by atoms with Crippen molar-refractivity contribution in [2.45, 2.75) is 26.5 Å². The quantitative estimate of drug-likeness (QED) is 0.422. The fraction of sp³-hybridized carbons (Fsp3) is 0.263. The molecule has 138 valence electrons. The zero-order valence-electron chi connectivity index (χ0n) is 15.0. The number of nitrogens with one attached hydrogen (secondary N) is 2. The summed E-state index contributed by atoms with van der Waals surface area (Å²) in [6.45, 7) is 4.37. The van der Waals surface area contributed by atoms with Gasteiger partial charge >= 0.3 is 0 Å². The Labute approximate surface area is 164 Å². The highest BCUT2D eigenvalue weighted by Gasteiger charge is 2.07. The molecule has 0 aliphatic heterocycles. The van der Waals surface area contributed by atoms with Gasteiger partial charge in [-0.25, -0.2) is 0 Å². The predicted octanol–water partition coefficient (Wildman–Crippen LogP) is 4.13. The van der Waals surface area contributed by atoms with E-state index < -0.39 is 0 Å². The third kappa shape index (κ3) is 6.20. The lowest BCUT2D eigenvalue weighted by Crippen LogP contribution is -2.36. The summed E-state index contributed by atoms with van der Waals surface area (Å²) in [7, 11) is 1.60. The highest BCUT2D eigenvalue weighted by molar-refractivity contribution is 7.80. The van der Waals surface area contributed by atoms with Crippen LogP contribution in [0.15, 0.2) is 47.6 Å². The first kappa shape index (κ1) is 20.0. The Kier molecular flexibility index (Phi) is 7.69. The highest BCUT2D eigenvalue weighted by Crippen LogP contribution is 2.29. The molecule has 2 aromatic carbocycles. The van der Waals surface area contributed by atoms with Gasteiger partial charge in [-0.3, -0.25) is 5.43 Å². The van der Waals surface area contributed by atoms with Crippen LogP contribution < -0.4 is 20.2 Å². The molecule has 0 aliphatic rings. The monoisotopic (exact) mass is 391 g/mol. The molecule has 7 heteroatoms. The summed E-state index contributed by atoms with van der Waals surface area (Å²) < 4.78 is 11.2. The maximum absolute atomic E-state index is 6.15. The second kappa shape index (κ2) is 9.99. The fourth-order valence-electron chi connectivity index (χ4n) is 2.11. The van der Waals surface area contributed by atoms with Crippen molar-refractivity contribution in [2.75, 3.05) is 7.11 Å². The van der Waals surface area contributed by atoms with Gasteiger partial charge in [0.25, 0.3) is 0 Å². The van der Waals surface area contributed by atoms with Crippen LogP contribution in [0.2, 0.25) is 5.02 Å². The highest BCUT2D eigenvalue weighted by atomic mass is 35.5. The molecule has 0 saturated carbocycles. The number of methoxy groups -OCH3 is 1. The van der Waals surface area contributed by atoms with Crippen molar-refractivity contribution in [3.63, 3.8) is 0 Å². The topological polar surface area (TPSA) is 54.9 Å². The predicted molar refractivity (Wildman–Crippen MR) is 110 cm³/mol. The molecule has 26 heavy (non-hydrogen) atoms. The second-order valence-electron chi connectivity index (χ2n) is 5.79. The summed E-state index contributed by atoms with van der Waals surface area (Å²) in [5.41, 5.74) is 4.54. The van der Waals surface area contributed by atoms with Crippen molar-refractivity contribution < 1.29 is 9.47 Å². The van der Waals surface area contributed by atoms with Crippen LogP contribution in [0.4, 0.5) is 0 Å². The largest absolute Gasteiger partial charge is 0.493 e. The van der Waals surface area contributed by atoms with E-state index in [4.69, 9.17) is 33.3 Å². The fourth-order valence-corrected chi connectivity index (χ4v) is 2.59. The first-order valence-electron chi connectivity index (χ1n) is 8.13. The molecular formula is C19H22ClN3O2S. The van der Waals surface area contributed by atoms with Crippen molar-refractivity contribution in [3.05, 3.63) is 58.6 Å². The number of thiocarbonyl (C=S) groups is 1. The zero-order chi connectivity index (χ0) is 18.9. The third-order valence-electron chi connectivity index (χ3n) is 3.33. The summed E-state index contributed by atoms with van der Waals surface area (Å²) in [6.07, 6.45) is 1.66. The summed E-state index contributed by atoms with van der Waals surface area (Å²) in [5, 5.41) is 8.31. The first-order valence-corrected chi connectivity index (χ1v) is 8.92. The average molecular weight is 392 g/mol. The van der Waals surface area contributed by atoms with Gasteiger partial charge in [0.2, 0.25) is 0 Å². The lowest BCUT2D eigenvalue weighted by Gasteiger charge is -2.12. The Morgan fingerprint density at radius 3 is 2.69 bits per heavy atom. The summed E-state index contributed by atoms with van der Waals surface area (Å²) in [5.74, 6) is 1.25. The van der Waals surface area contributed by atoms with E-state index in [1.807, 2.05) is 56.3 Å². The van der Waals surface area contributed by atoms with Crippen molar-refractivity contribution in [1.82, 2.24) is 10.7 Å². The molecule has 2 N–H and O–H groups in total. The summed E-state index contributed by atoms with van der Waals surface area (Å²) >= 11 is 11.3. The number of hydrogen-bond acceptors (Lipinski definition) is 4. The number of hydrogen-bond donors (Lipinski definition) is 2. The Balaban J connectivity index is 2.00. The van der Waals surface area contributed by atoms with E-state index in [-0.39, 0.29) is 6.04 Å². The van der Waals surface area contributed by atoms with Crippen molar-refractivity contribution in [2.24, 2.45) is 5.10 Å². The van der Waals surface area contributed by atoms with Crippen LogP contribution >= 0.6 is 23.8 Å². The number of halogens is 1. The number of ether oxygens (including phenoxy) is 2. The SMILES string of the molecule is COc1cc(/C=N\NC(=S)NC(C)C)ccc1OCc1ccccc1Cl. The van der Waals surface area contributed by atoms with E-state index >= 15 is 0 Å². The lowest BCUT2D eigenvalue weighted by atomic mass is 10.2. The van der Waals surface area contributed by atoms with Gasteiger partial charge in [-0.15, -0.1) is 0 Å². The smallest absolute Gasteiger partial charge is 0.187 e. The molecule has 2 rings (SSSR count). The molecule has 0 bridgehead atoms. The van der Waals surface area contributed by atoms with Gasteiger partial charge in [0.15, 0.2) is 16.6 Å². The molecule has 0 aromatic heterocycles. The second-order valence-corrected chi connectivity index (χ2v) is 6.60. The van der Waals surface area contributed by atoms with Crippen LogP contribution in [0.5, 0.6) is 11.5 Å². The van der Waals surface area contributed by atoms with E-state index in [1.54, 1.807) is 13.3 Å². The van der Waals surface area contributed by atoms with E-state index in [2.05, 4.69) is 15.8 Å². The van der Waals surface area contributed by atoms with Gasteiger partial charge in [-0.1, -0.05) is 29.8 Å². The molecule has 0 atom stereocenters. The first-order chi connectivity index (χ1) is 12.5. The van der Waals surface area contributed by atoms with Crippen LogP contribution in [0, 0.1) is 0 Å². The Morgan fingerprint density at radius 1 is 1.23 bits per heavy atom. The molecule has 5 nitrogen and oxygen atoms in total. The number of benzene rings is 2. The molecule has 0 spiro atoms. The van der Waals surface area contributed by atoms with Gasteiger partial charge in [0.1, 0.15) is 6.61 Å². The summed E-state index contributed by atoms with van der Waals surface area (Å²) in [6, 6.07) is 13.4. The minimum absolute atomic E-state index is 0.250. The molecule has 0 fully saturated rings. The number of rotatable bonds is 7. The Bertz CT molecular complexity index is 781. The molecule has 0 aliphatic carbocycles. The number of hydrazone groups is 1. The minimum Gasteiger partial charge on any atom is -0.493 e. The molecular weight excluding hydrogens is 370 g/mol. The van der Waals surface area contributed by atoms with Crippen molar-refractivity contribution in [1.29, 1.82) is 0 Å². The van der Waals surface area contributed by atoms with Gasteiger partial charge in [0.05, 0.1) is 13.3 Å². The van der Waals surface area contributed by atoms with Crippen LogP contribution in [0.1, 0.15) is 25.0 Å². The molecule has 0 heterocycles. The maximum atomic E-state index is 6.15. The van der Waals surface area contributed by atoms with Gasteiger partial charge in [-0.2, -0.15) is 5.10 Å².